The number of nitrogens with one attached hydrogen (secondary N) is 1. The first kappa shape index (κ1) is 25.7. The van der Waals surface area contributed by atoms with Gasteiger partial charge >= 0.3 is 11.9 Å². The number of carbonyl (C=O) groups is 3. The molecule has 2 N–H and O–H groups in total. The first-order valence-electron chi connectivity index (χ1n) is 11.7. The summed E-state index contributed by atoms with van der Waals surface area (Å²) in [5.41, 5.74) is 3.29. The molecule has 0 saturated carbocycles. The van der Waals surface area contributed by atoms with E-state index in [1.165, 1.54) is 12.1 Å². The highest BCUT2D eigenvalue weighted by Gasteiger charge is 2.18. The lowest BCUT2D eigenvalue weighted by Gasteiger charge is -2.16. The number of carbonyl (C=O) groups excluding carboxylic acids is 2. The van der Waals surface area contributed by atoms with Crippen molar-refractivity contribution in [1.29, 1.82) is 0 Å². The maximum atomic E-state index is 12.8. The van der Waals surface area contributed by atoms with E-state index < -0.39 is 11.9 Å². The third-order valence-electron chi connectivity index (χ3n) is 5.62. The number of esters is 1. The maximum Gasteiger partial charge on any atom is 0.343 e. The molecule has 186 valence electrons. The topological polar surface area (TPSA) is 92.7 Å². The van der Waals surface area contributed by atoms with E-state index in [-0.39, 0.29) is 11.5 Å². The Balaban J connectivity index is 1.81. The summed E-state index contributed by atoms with van der Waals surface area (Å²) in [7, 11) is 0. The van der Waals surface area contributed by atoms with Crippen LogP contribution in [-0.4, -0.2) is 23.0 Å². The fourth-order valence-electron chi connectivity index (χ4n) is 3.93. The lowest BCUT2D eigenvalue weighted by Crippen LogP contribution is -2.11. The van der Waals surface area contributed by atoms with Gasteiger partial charge in [0.1, 0.15) is 5.75 Å². The Morgan fingerprint density at radius 1 is 0.811 bits per heavy atom. The van der Waals surface area contributed by atoms with E-state index in [4.69, 9.17) is 16.3 Å². The van der Waals surface area contributed by atoms with Crippen molar-refractivity contribution in [2.45, 2.75) is 19.8 Å². The molecule has 0 aliphatic heterocycles. The Morgan fingerprint density at radius 2 is 1.51 bits per heavy atom. The van der Waals surface area contributed by atoms with E-state index in [9.17, 15) is 19.5 Å². The molecule has 0 spiro atoms. The Hall–Kier alpha value is -4.42. The number of ether oxygens (including phenoxy) is 1. The van der Waals surface area contributed by atoms with Crippen LogP contribution in [0, 0.1) is 0 Å². The molecule has 0 aliphatic carbocycles. The van der Waals surface area contributed by atoms with Gasteiger partial charge in [0.25, 0.3) is 0 Å². The van der Waals surface area contributed by atoms with Gasteiger partial charge in [-0.3, -0.25) is 4.79 Å². The Bertz CT molecular complexity index is 1470. The summed E-state index contributed by atoms with van der Waals surface area (Å²) in [6, 6.07) is 25.6. The van der Waals surface area contributed by atoms with Crippen molar-refractivity contribution in [2.24, 2.45) is 0 Å². The summed E-state index contributed by atoms with van der Waals surface area (Å²) in [4.78, 5) is 36.9. The molecular formula is C30H24ClNO5. The highest BCUT2D eigenvalue weighted by molar-refractivity contribution is 6.31. The van der Waals surface area contributed by atoms with Crippen LogP contribution in [0.15, 0.2) is 91.0 Å². The zero-order valence-electron chi connectivity index (χ0n) is 20.0. The number of hydrogen-bond donors (Lipinski definition) is 2. The molecule has 6 nitrogen and oxygen atoms in total. The van der Waals surface area contributed by atoms with Crippen molar-refractivity contribution in [3.63, 3.8) is 0 Å². The van der Waals surface area contributed by atoms with Crippen molar-refractivity contribution >= 4 is 35.1 Å². The summed E-state index contributed by atoms with van der Waals surface area (Å²) in [5.74, 6) is -1.54. The van der Waals surface area contributed by atoms with Crippen molar-refractivity contribution in [3.8, 4) is 28.0 Å². The standard InChI is InChI=1S/C30H24ClNO5/c1-2-8-28(33)32-23-16-20(15-21(17-23)29(34)35)24-11-6-7-12-25(24)26-18-22(31)13-14-27(26)37-30(36)19-9-4-3-5-10-19/h3-7,9-18H,2,8H2,1H3,(H,32,33)(H,34,35). The number of rotatable bonds is 8. The molecule has 0 bridgehead atoms. The molecule has 0 unspecified atom stereocenters. The normalized spacial score (nSPS) is 10.5. The van der Waals surface area contributed by atoms with Crippen molar-refractivity contribution in [3.05, 3.63) is 107 Å². The molecule has 0 fully saturated rings. The minimum absolute atomic E-state index is 0.0286. The van der Waals surface area contributed by atoms with Gasteiger partial charge in [-0.2, -0.15) is 0 Å². The van der Waals surface area contributed by atoms with Crippen LogP contribution in [0.25, 0.3) is 22.3 Å². The Morgan fingerprint density at radius 3 is 2.22 bits per heavy atom. The van der Waals surface area contributed by atoms with E-state index >= 15 is 0 Å². The fourth-order valence-corrected chi connectivity index (χ4v) is 4.11. The summed E-state index contributed by atoms with van der Waals surface area (Å²) >= 11 is 6.33. The average Bonchev–Trinajstić information content (AvgIpc) is 2.90. The molecule has 4 aromatic carbocycles. The van der Waals surface area contributed by atoms with Crippen LogP contribution >= 0.6 is 11.6 Å². The second kappa shape index (κ2) is 11.5. The molecule has 7 heteroatoms. The zero-order chi connectivity index (χ0) is 26.4. The number of benzene rings is 4. The SMILES string of the molecule is CCCC(=O)Nc1cc(C(=O)O)cc(-c2ccccc2-c2cc(Cl)ccc2OC(=O)c2ccccc2)c1. The number of hydrogen-bond acceptors (Lipinski definition) is 4. The van der Waals surface area contributed by atoms with Crippen LogP contribution in [-0.2, 0) is 4.79 Å². The van der Waals surface area contributed by atoms with Crippen LogP contribution in [0.2, 0.25) is 5.02 Å². The summed E-state index contributed by atoms with van der Waals surface area (Å²) in [6.45, 7) is 1.89. The first-order chi connectivity index (χ1) is 17.9. The predicted molar refractivity (Wildman–Crippen MR) is 144 cm³/mol. The van der Waals surface area contributed by atoms with Gasteiger partial charge < -0.3 is 15.2 Å². The molecule has 0 aliphatic rings. The molecule has 4 aromatic rings. The van der Waals surface area contributed by atoms with Crippen LogP contribution in [0.5, 0.6) is 5.75 Å². The largest absolute Gasteiger partial charge is 0.478 e. The van der Waals surface area contributed by atoms with Crippen molar-refractivity contribution in [2.75, 3.05) is 5.32 Å². The third-order valence-corrected chi connectivity index (χ3v) is 5.86. The van der Waals surface area contributed by atoms with Crippen molar-refractivity contribution < 1.29 is 24.2 Å². The van der Waals surface area contributed by atoms with E-state index in [1.54, 1.807) is 48.5 Å². The summed E-state index contributed by atoms with van der Waals surface area (Å²) in [6.07, 6.45) is 0.987. The summed E-state index contributed by atoms with van der Waals surface area (Å²) < 4.78 is 5.75. The average molecular weight is 514 g/mol. The van der Waals surface area contributed by atoms with Gasteiger partial charge in [-0.15, -0.1) is 0 Å². The molecule has 0 radical (unpaired) electrons. The Labute approximate surface area is 219 Å². The first-order valence-corrected chi connectivity index (χ1v) is 12.1. The summed E-state index contributed by atoms with van der Waals surface area (Å²) in [5, 5.41) is 12.9. The Kier molecular flexibility index (Phi) is 8.01. The second-order valence-corrected chi connectivity index (χ2v) is 8.78. The van der Waals surface area contributed by atoms with E-state index in [0.717, 1.165) is 0 Å². The zero-order valence-corrected chi connectivity index (χ0v) is 20.8. The fraction of sp³-hybridized carbons (Fsp3) is 0.100. The highest BCUT2D eigenvalue weighted by atomic mass is 35.5. The predicted octanol–water partition coefficient (Wildman–Crippen LogP) is 7.33. The van der Waals surface area contributed by atoms with Crippen LogP contribution in [0.4, 0.5) is 5.69 Å². The van der Waals surface area contributed by atoms with Gasteiger partial charge in [0, 0.05) is 22.7 Å². The van der Waals surface area contributed by atoms with Crippen LogP contribution in [0.3, 0.4) is 0 Å². The number of amides is 1. The van der Waals surface area contributed by atoms with Gasteiger partial charge in [-0.1, -0.05) is 61.0 Å². The minimum Gasteiger partial charge on any atom is -0.478 e. The molecule has 0 atom stereocenters. The smallest absolute Gasteiger partial charge is 0.343 e. The van der Waals surface area contributed by atoms with Gasteiger partial charge in [-0.05, 0) is 71.6 Å². The molecule has 0 saturated heterocycles. The van der Waals surface area contributed by atoms with E-state index in [0.29, 0.717) is 57.1 Å². The molecule has 37 heavy (non-hydrogen) atoms. The van der Waals surface area contributed by atoms with Gasteiger partial charge in [0.2, 0.25) is 5.91 Å². The number of carboxylic acid groups (broad SMARTS) is 1. The molecule has 1 amide bonds. The lowest BCUT2D eigenvalue weighted by molar-refractivity contribution is -0.116. The van der Waals surface area contributed by atoms with Crippen molar-refractivity contribution in [1.82, 2.24) is 0 Å². The van der Waals surface area contributed by atoms with Crippen LogP contribution in [0.1, 0.15) is 40.5 Å². The molecular weight excluding hydrogens is 490 g/mol. The van der Waals surface area contributed by atoms with Gasteiger partial charge in [-0.25, -0.2) is 9.59 Å². The second-order valence-electron chi connectivity index (χ2n) is 8.34. The molecule has 4 rings (SSSR count). The maximum absolute atomic E-state index is 12.8. The molecule has 0 aromatic heterocycles. The monoisotopic (exact) mass is 513 g/mol. The highest BCUT2D eigenvalue weighted by Crippen LogP contribution is 2.40. The van der Waals surface area contributed by atoms with E-state index in [1.807, 2.05) is 37.3 Å². The third kappa shape index (κ3) is 6.23. The quantitative estimate of drug-likeness (QED) is 0.190. The number of carboxylic acids is 1. The van der Waals surface area contributed by atoms with Gasteiger partial charge in [0.15, 0.2) is 0 Å². The number of anilines is 1. The van der Waals surface area contributed by atoms with E-state index in [2.05, 4.69) is 5.32 Å². The van der Waals surface area contributed by atoms with Crippen LogP contribution < -0.4 is 10.1 Å². The van der Waals surface area contributed by atoms with Gasteiger partial charge in [0.05, 0.1) is 11.1 Å². The number of aromatic carboxylic acids is 1. The lowest BCUT2D eigenvalue weighted by atomic mass is 9.92. The minimum atomic E-state index is -1.12. The molecule has 0 heterocycles. The number of halogens is 1.